The lowest BCUT2D eigenvalue weighted by atomic mass is 9.83. The summed E-state index contributed by atoms with van der Waals surface area (Å²) in [5.74, 6) is 3.92. The van der Waals surface area contributed by atoms with E-state index in [0.29, 0.717) is 0 Å². The first-order valence-corrected chi connectivity index (χ1v) is 5.65. The number of hydrogen-bond acceptors (Lipinski definition) is 0. The van der Waals surface area contributed by atoms with Crippen LogP contribution >= 0.6 is 0 Å². The summed E-state index contributed by atoms with van der Waals surface area (Å²) in [6.45, 7) is 9.51. The molecule has 12 heavy (non-hydrogen) atoms. The van der Waals surface area contributed by atoms with Crippen LogP contribution in [0, 0.1) is 23.7 Å². The van der Waals surface area contributed by atoms with E-state index in [1.54, 1.807) is 0 Å². The van der Waals surface area contributed by atoms with Crippen molar-refractivity contribution in [3.63, 3.8) is 0 Å². The standard InChI is InChI=1S/C12H24/c1-5-11-6-7-12(8-11)10(4)9(2)3/h9-12H,5-8H2,1-4H3. The van der Waals surface area contributed by atoms with Gasteiger partial charge in [0, 0.05) is 0 Å². The van der Waals surface area contributed by atoms with E-state index in [1.807, 2.05) is 0 Å². The van der Waals surface area contributed by atoms with Crippen LogP contribution < -0.4 is 0 Å². The van der Waals surface area contributed by atoms with Gasteiger partial charge in [-0.2, -0.15) is 0 Å². The Bertz CT molecular complexity index is 126. The van der Waals surface area contributed by atoms with Crippen molar-refractivity contribution in [2.45, 2.75) is 53.4 Å². The quantitative estimate of drug-likeness (QED) is 0.595. The lowest BCUT2D eigenvalue weighted by Gasteiger charge is -2.22. The van der Waals surface area contributed by atoms with Crippen LogP contribution in [0.1, 0.15) is 53.4 Å². The van der Waals surface area contributed by atoms with Crippen molar-refractivity contribution in [3.8, 4) is 0 Å². The molecule has 0 radical (unpaired) electrons. The Morgan fingerprint density at radius 1 is 1.17 bits per heavy atom. The molecule has 0 spiro atoms. The summed E-state index contributed by atoms with van der Waals surface area (Å²) in [7, 11) is 0. The predicted molar refractivity (Wildman–Crippen MR) is 55.1 cm³/mol. The molecule has 0 amide bonds. The van der Waals surface area contributed by atoms with Gasteiger partial charge in [0.25, 0.3) is 0 Å². The molecule has 1 aliphatic carbocycles. The minimum atomic E-state index is 0.880. The van der Waals surface area contributed by atoms with Gasteiger partial charge in [0.05, 0.1) is 0 Å². The van der Waals surface area contributed by atoms with Gasteiger partial charge < -0.3 is 0 Å². The van der Waals surface area contributed by atoms with Crippen LogP contribution in [-0.4, -0.2) is 0 Å². The normalized spacial score (nSPS) is 32.8. The fourth-order valence-electron chi connectivity index (χ4n) is 2.51. The smallest absolute Gasteiger partial charge is 0.0383 e. The first kappa shape index (κ1) is 10.1. The zero-order valence-electron chi connectivity index (χ0n) is 9.14. The SMILES string of the molecule is CCC1CCC(C(C)C(C)C)C1. The second-order valence-corrected chi connectivity index (χ2v) is 4.95. The molecule has 3 atom stereocenters. The van der Waals surface area contributed by atoms with E-state index in [4.69, 9.17) is 0 Å². The van der Waals surface area contributed by atoms with Gasteiger partial charge in [0.2, 0.25) is 0 Å². The largest absolute Gasteiger partial charge is 0.0651 e. The minimum absolute atomic E-state index is 0.880. The Kier molecular flexibility index (Phi) is 3.61. The zero-order valence-corrected chi connectivity index (χ0v) is 9.14. The average Bonchev–Trinajstić information content (AvgIpc) is 2.50. The molecule has 0 aliphatic heterocycles. The van der Waals surface area contributed by atoms with Gasteiger partial charge in [-0.25, -0.2) is 0 Å². The van der Waals surface area contributed by atoms with Crippen molar-refractivity contribution in [2.24, 2.45) is 23.7 Å². The molecule has 0 aromatic rings. The van der Waals surface area contributed by atoms with Crippen molar-refractivity contribution in [1.29, 1.82) is 0 Å². The first-order valence-electron chi connectivity index (χ1n) is 5.65. The Morgan fingerprint density at radius 2 is 1.83 bits per heavy atom. The molecule has 1 aliphatic rings. The molecule has 0 N–H and O–H groups in total. The summed E-state index contributed by atoms with van der Waals surface area (Å²) >= 11 is 0. The van der Waals surface area contributed by atoms with Crippen LogP contribution in [0.4, 0.5) is 0 Å². The topological polar surface area (TPSA) is 0 Å². The van der Waals surface area contributed by atoms with E-state index in [-0.39, 0.29) is 0 Å². The summed E-state index contributed by atoms with van der Waals surface area (Å²) in [6.07, 6.45) is 5.91. The van der Waals surface area contributed by atoms with Crippen LogP contribution in [0.3, 0.4) is 0 Å². The predicted octanol–water partition coefficient (Wildman–Crippen LogP) is 4.10. The Hall–Kier alpha value is 0. The third kappa shape index (κ3) is 2.24. The van der Waals surface area contributed by atoms with Crippen molar-refractivity contribution >= 4 is 0 Å². The Labute approximate surface area is 77.7 Å². The third-order valence-electron chi connectivity index (χ3n) is 3.95. The monoisotopic (exact) mass is 168 g/mol. The van der Waals surface area contributed by atoms with Crippen molar-refractivity contribution in [2.75, 3.05) is 0 Å². The molecular formula is C12H24. The number of rotatable bonds is 3. The second-order valence-electron chi connectivity index (χ2n) is 4.95. The van der Waals surface area contributed by atoms with Gasteiger partial charge in [0.1, 0.15) is 0 Å². The molecule has 0 heterocycles. The molecule has 0 aromatic carbocycles. The summed E-state index contributed by atoms with van der Waals surface area (Å²) in [4.78, 5) is 0. The fraction of sp³-hybridized carbons (Fsp3) is 1.00. The molecule has 0 saturated heterocycles. The first-order chi connectivity index (χ1) is 5.65. The molecule has 0 bridgehead atoms. The summed E-state index contributed by atoms with van der Waals surface area (Å²) in [5.41, 5.74) is 0. The Balaban J connectivity index is 2.35. The summed E-state index contributed by atoms with van der Waals surface area (Å²) in [6, 6.07) is 0. The van der Waals surface area contributed by atoms with Crippen molar-refractivity contribution in [3.05, 3.63) is 0 Å². The molecule has 1 fully saturated rings. The van der Waals surface area contributed by atoms with Gasteiger partial charge >= 0.3 is 0 Å². The van der Waals surface area contributed by atoms with E-state index in [2.05, 4.69) is 27.7 Å². The van der Waals surface area contributed by atoms with E-state index in [1.165, 1.54) is 25.7 Å². The minimum Gasteiger partial charge on any atom is -0.0651 e. The average molecular weight is 168 g/mol. The van der Waals surface area contributed by atoms with Crippen LogP contribution in [0.5, 0.6) is 0 Å². The van der Waals surface area contributed by atoms with E-state index < -0.39 is 0 Å². The van der Waals surface area contributed by atoms with Crippen LogP contribution in [0.25, 0.3) is 0 Å². The van der Waals surface area contributed by atoms with Crippen molar-refractivity contribution < 1.29 is 0 Å². The molecular weight excluding hydrogens is 144 g/mol. The van der Waals surface area contributed by atoms with Gasteiger partial charge in [0.15, 0.2) is 0 Å². The van der Waals surface area contributed by atoms with E-state index in [0.717, 1.165) is 23.7 Å². The highest BCUT2D eigenvalue weighted by atomic mass is 14.3. The maximum absolute atomic E-state index is 2.44. The highest BCUT2D eigenvalue weighted by molar-refractivity contribution is 4.79. The van der Waals surface area contributed by atoms with Gasteiger partial charge in [-0.3, -0.25) is 0 Å². The second kappa shape index (κ2) is 4.30. The van der Waals surface area contributed by atoms with Crippen LogP contribution in [-0.2, 0) is 0 Å². The maximum atomic E-state index is 2.44. The van der Waals surface area contributed by atoms with Gasteiger partial charge in [-0.15, -0.1) is 0 Å². The van der Waals surface area contributed by atoms with E-state index >= 15 is 0 Å². The zero-order chi connectivity index (χ0) is 9.14. The third-order valence-corrected chi connectivity index (χ3v) is 3.95. The lowest BCUT2D eigenvalue weighted by Crippen LogP contribution is -2.14. The molecule has 3 unspecified atom stereocenters. The van der Waals surface area contributed by atoms with Gasteiger partial charge in [-0.05, 0) is 36.5 Å². The highest BCUT2D eigenvalue weighted by Crippen LogP contribution is 2.39. The fourth-order valence-corrected chi connectivity index (χ4v) is 2.51. The highest BCUT2D eigenvalue weighted by Gasteiger charge is 2.28. The van der Waals surface area contributed by atoms with Gasteiger partial charge in [-0.1, -0.05) is 40.5 Å². The van der Waals surface area contributed by atoms with E-state index in [9.17, 15) is 0 Å². The molecule has 72 valence electrons. The molecule has 1 rings (SSSR count). The molecule has 0 aromatic heterocycles. The van der Waals surface area contributed by atoms with Crippen LogP contribution in [0.2, 0.25) is 0 Å². The maximum Gasteiger partial charge on any atom is -0.0383 e. The summed E-state index contributed by atoms with van der Waals surface area (Å²) in [5, 5.41) is 0. The lowest BCUT2D eigenvalue weighted by molar-refractivity contribution is 0.274. The molecule has 1 saturated carbocycles. The van der Waals surface area contributed by atoms with Crippen LogP contribution in [0.15, 0.2) is 0 Å². The van der Waals surface area contributed by atoms with Crippen molar-refractivity contribution in [1.82, 2.24) is 0 Å². The summed E-state index contributed by atoms with van der Waals surface area (Å²) < 4.78 is 0. The molecule has 0 heteroatoms. The molecule has 0 nitrogen and oxygen atoms in total. The number of hydrogen-bond donors (Lipinski definition) is 0. The Morgan fingerprint density at radius 3 is 2.25 bits per heavy atom.